The zero-order valence-corrected chi connectivity index (χ0v) is 10.6. The molecule has 3 N–H and O–H groups in total. The molecule has 0 atom stereocenters. The molecule has 0 fully saturated rings. The molecule has 0 saturated heterocycles. The Balaban J connectivity index is 3.44. The van der Waals surface area contributed by atoms with Gasteiger partial charge in [0, 0.05) is 12.1 Å². The predicted molar refractivity (Wildman–Crippen MR) is 59.2 cm³/mol. The summed E-state index contributed by atoms with van der Waals surface area (Å²) in [4.78, 5) is 0. The molecule has 0 radical (unpaired) electrons. The van der Waals surface area contributed by atoms with Crippen LogP contribution in [0, 0.1) is 0 Å². The summed E-state index contributed by atoms with van der Waals surface area (Å²) in [5.41, 5.74) is -0.744. The van der Waals surface area contributed by atoms with Gasteiger partial charge in [0.15, 0.2) is 5.03 Å². The average Bonchev–Trinajstić information content (AvgIpc) is 2.44. The largest absolute Gasteiger partial charge is 0.384 e. The van der Waals surface area contributed by atoms with Gasteiger partial charge >= 0.3 is 0 Å². The summed E-state index contributed by atoms with van der Waals surface area (Å²) in [6.45, 7) is 6.82. The Hall–Kier alpha value is -0.920. The highest BCUT2D eigenvalue weighted by Crippen LogP contribution is 2.24. The van der Waals surface area contributed by atoms with E-state index in [0.717, 1.165) is 0 Å². The van der Waals surface area contributed by atoms with Crippen molar-refractivity contribution in [3.8, 4) is 0 Å². The van der Waals surface area contributed by atoms with Gasteiger partial charge in [-0.15, -0.1) is 0 Å². The highest BCUT2D eigenvalue weighted by molar-refractivity contribution is 7.89. The van der Waals surface area contributed by atoms with Crippen LogP contribution in [0.5, 0.6) is 0 Å². The van der Waals surface area contributed by atoms with E-state index in [0.29, 0.717) is 5.69 Å². The molecule has 0 unspecified atom stereocenters. The van der Waals surface area contributed by atoms with Crippen LogP contribution in [-0.4, -0.2) is 23.3 Å². The van der Waals surface area contributed by atoms with E-state index in [1.165, 1.54) is 10.7 Å². The van der Waals surface area contributed by atoms with Crippen molar-refractivity contribution in [1.29, 1.82) is 0 Å². The fourth-order valence-corrected chi connectivity index (χ4v) is 1.84. The Bertz CT molecular complexity index is 483. The SMILES string of the molecule is CC(C)n1nc(S(N)(=O)=O)cc1C(C)(C)O. The van der Waals surface area contributed by atoms with Crippen LogP contribution in [0.4, 0.5) is 0 Å². The molecule has 0 aliphatic rings. The lowest BCUT2D eigenvalue weighted by molar-refractivity contribution is 0.0669. The number of sulfonamides is 1. The first-order valence-electron chi connectivity index (χ1n) is 4.88. The van der Waals surface area contributed by atoms with Crippen LogP contribution < -0.4 is 5.14 Å². The van der Waals surface area contributed by atoms with Crippen molar-refractivity contribution in [3.63, 3.8) is 0 Å². The fourth-order valence-electron chi connectivity index (χ4n) is 1.36. The molecule has 7 heteroatoms. The van der Waals surface area contributed by atoms with Crippen molar-refractivity contribution in [2.24, 2.45) is 5.14 Å². The van der Waals surface area contributed by atoms with Crippen molar-refractivity contribution < 1.29 is 13.5 Å². The maximum Gasteiger partial charge on any atom is 0.257 e. The Kier molecular flexibility index (Phi) is 3.15. The average molecular weight is 247 g/mol. The molecule has 16 heavy (non-hydrogen) atoms. The fraction of sp³-hybridized carbons (Fsp3) is 0.667. The minimum atomic E-state index is -3.84. The predicted octanol–water partition coefficient (Wildman–Crippen LogP) is 0.339. The zero-order valence-electron chi connectivity index (χ0n) is 9.80. The van der Waals surface area contributed by atoms with Gasteiger partial charge in [0.25, 0.3) is 10.0 Å². The summed E-state index contributed by atoms with van der Waals surface area (Å²) in [6.07, 6.45) is 0. The van der Waals surface area contributed by atoms with Crippen molar-refractivity contribution in [1.82, 2.24) is 9.78 Å². The first-order valence-corrected chi connectivity index (χ1v) is 6.43. The maximum atomic E-state index is 11.2. The lowest BCUT2D eigenvalue weighted by Gasteiger charge is -2.20. The van der Waals surface area contributed by atoms with Gasteiger partial charge in [-0.2, -0.15) is 5.10 Å². The number of nitrogens with two attached hydrogens (primary N) is 1. The van der Waals surface area contributed by atoms with Crippen molar-refractivity contribution in [3.05, 3.63) is 11.8 Å². The van der Waals surface area contributed by atoms with E-state index in [-0.39, 0.29) is 11.1 Å². The molecule has 0 aliphatic carbocycles. The van der Waals surface area contributed by atoms with Crippen LogP contribution in [0.2, 0.25) is 0 Å². The molecule has 6 nitrogen and oxygen atoms in total. The monoisotopic (exact) mass is 247 g/mol. The molecule has 92 valence electrons. The lowest BCUT2D eigenvalue weighted by Crippen LogP contribution is -2.22. The second-order valence-electron chi connectivity index (χ2n) is 4.51. The normalized spacial score (nSPS) is 13.4. The van der Waals surface area contributed by atoms with Gasteiger partial charge in [0.05, 0.1) is 5.69 Å². The van der Waals surface area contributed by atoms with Crippen LogP contribution in [0.15, 0.2) is 11.1 Å². The van der Waals surface area contributed by atoms with E-state index in [4.69, 9.17) is 5.14 Å². The lowest BCUT2D eigenvalue weighted by atomic mass is 10.1. The summed E-state index contributed by atoms with van der Waals surface area (Å²) in [6, 6.07) is 1.24. The number of aliphatic hydroxyl groups is 1. The van der Waals surface area contributed by atoms with Crippen LogP contribution in [0.25, 0.3) is 0 Å². The van der Waals surface area contributed by atoms with E-state index in [9.17, 15) is 13.5 Å². The van der Waals surface area contributed by atoms with Gasteiger partial charge in [-0.1, -0.05) is 0 Å². The molecule has 1 heterocycles. The van der Waals surface area contributed by atoms with Gasteiger partial charge in [0.1, 0.15) is 5.60 Å². The highest BCUT2D eigenvalue weighted by atomic mass is 32.2. The Morgan fingerprint density at radius 1 is 1.50 bits per heavy atom. The molecule has 0 aromatic carbocycles. The Morgan fingerprint density at radius 3 is 2.25 bits per heavy atom. The third-order valence-corrected chi connectivity index (χ3v) is 2.90. The smallest absolute Gasteiger partial charge is 0.257 e. The summed E-state index contributed by atoms with van der Waals surface area (Å²) < 4.78 is 23.8. The van der Waals surface area contributed by atoms with E-state index in [1.807, 2.05) is 13.8 Å². The topological polar surface area (TPSA) is 98.2 Å². The number of hydrogen-bond acceptors (Lipinski definition) is 4. The van der Waals surface area contributed by atoms with Crippen molar-refractivity contribution in [2.45, 2.75) is 44.4 Å². The second-order valence-corrected chi connectivity index (χ2v) is 6.02. The molecule has 0 amide bonds. The minimum absolute atomic E-state index is 0.0584. The maximum absolute atomic E-state index is 11.2. The van der Waals surface area contributed by atoms with E-state index in [2.05, 4.69) is 5.10 Å². The Labute approximate surface area is 95.1 Å². The first kappa shape index (κ1) is 13.1. The van der Waals surface area contributed by atoms with Crippen LogP contribution in [-0.2, 0) is 15.6 Å². The van der Waals surface area contributed by atoms with Gasteiger partial charge in [-0.3, -0.25) is 4.68 Å². The van der Waals surface area contributed by atoms with E-state index >= 15 is 0 Å². The molecule has 1 aromatic rings. The zero-order chi connectivity index (χ0) is 12.7. The number of primary sulfonamides is 1. The number of hydrogen-bond donors (Lipinski definition) is 2. The third kappa shape index (κ3) is 2.60. The standard InChI is InChI=1S/C9H17N3O3S/c1-6(2)12-7(9(3,4)13)5-8(11-12)16(10,14)15/h5-6,13H,1-4H3,(H2,10,14,15). The number of rotatable bonds is 3. The molecule has 0 bridgehead atoms. The molecule has 0 saturated carbocycles. The first-order chi connectivity index (χ1) is 7.03. The van der Waals surface area contributed by atoms with Gasteiger partial charge in [-0.05, 0) is 27.7 Å². The summed E-state index contributed by atoms with van der Waals surface area (Å²) >= 11 is 0. The van der Waals surface area contributed by atoms with Crippen LogP contribution in [0.3, 0.4) is 0 Å². The van der Waals surface area contributed by atoms with E-state index < -0.39 is 15.6 Å². The number of nitrogens with zero attached hydrogens (tertiary/aromatic N) is 2. The number of aromatic nitrogens is 2. The van der Waals surface area contributed by atoms with Gasteiger partial charge in [-0.25, -0.2) is 13.6 Å². The third-order valence-electron chi connectivity index (χ3n) is 2.12. The summed E-state index contributed by atoms with van der Waals surface area (Å²) in [5, 5.41) is 18.6. The molecule has 1 aromatic heterocycles. The molecule has 0 aliphatic heterocycles. The van der Waals surface area contributed by atoms with Gasteiger partial charge in [0.2, 0.25) is 0 Å². The Morgan fingerprint density at radius 2 is 2.00 bits per heavy atom. The van der Waals surface area contributed by atoms with Crippen LogP contribution in [0.1, 0.15) is 39.4 Å². The molecule has 0 spiro atoms. The van der Waals surface area contributed by atoms with Crippen molar-refractivity contribution >= 4 is 10.0 Å². The van der Waals surface area contributed by atoms with E-state index in [1.54, 1.807) is 13.8 Å². The van der Waals surface area contributed by atoms with Gasteiger partial charge < -0.3 is 5.11 Å². The van der Waals surface area contributed by atoms with Crippen LogP contribution >= 0.6 is 0 Å². The molecular formula is C9H17N3O3S. The highest BCUT2D eigenvalue weighted by Gasteiger charge is 2.26. The summed E-state index contributed by atoms with van der Waals surface area (Å²) in [7, 11) is -3.84. The molecular weight excluding hydrogens is 230 g/mol. The molecule has 1 rings (SSSR count). The quantitative estimate of drug-likeness (QED) is 0.804. The van der Waals surface area contributed by atoms with Crippen molar-refractivity contribution in [2.75, 3.05) is 0 Å². The second kappa shape index (κ2) is 3.83. The minimum Gasteiger partial charge on any atom is -0.384 e. The summed E-state index contributed by atoms with van der Waals surface area (Å²) in [5.74, 6) is 0.